The molecular weight excluding hydrogens is 314 g/mol. The normalized spacial score (nSPS) is 11.4. The van der Waals surface area contributed by atoms with Crippen LogP contribution in [0.1, 0.15) is 11.1 Å². The van der Waals surface area contributed by atoms with E-state index in [9.17, 15) is 8.78 Å². The van der Waals surface area contributed by atoms with Crippen LogP contribution in [0.5, 0.6) is 5.75 Å². The van der Waals surface area contributed by atoms with Crippen LogP contribution in [-0.4, -0.2) is 6.61 Å². The maximum atomic E-state index is 13.9. The first-order chi connectivity index (χ1) is 8.99. The summed E-state index contributed by atoms with van der Waals surface area (Å²) in [6.45, 7) is 1.21. The molecule has 0 unspecified atom stereocenters. The van der Waals surface area contributed by atoms with Crippen LogP contribution < -0.4 is 4.74 Å². The zero-order valence-electron chi connectivity index (χ0n) is 10.4. The lowest BCUT2D eigenvalue weighted by molar-refractivity contribution is -0.0467. The third-order valence-corrected chi connectivity index (χ3v) is 3.64. The summed E-state index contributed by atoms with van der Waals surface area (Å²) in [4.78, 5) is 0. The zero-order valence-corrected chi connectivity index (χ0v) is 12.0. The third kappa shape index (κ3) is 3.53. The first-order valence-electron chi connectivity index (χ1n) is 5.81. The van der Waals surface area contributed by atoms with Crippen LogP contribution in [0.15, 0.2) is 53.0 Å². The minimum Gasteiger partial charge on any atom is -0.487 e. The smallest absolute Gasteiger partial charge is 0.306 e. The van der Waals surface area contributed by atoms with E-state index >= 15 is 0 Å². The Labute approximate surface area is 119 Å². The van der Waals surface area contributed by atoms with Crippen LogP contribution in [0.4, 0.5) is 8.78 Å². The van der Waals surface area contributed by atoms with Gasteiger partial charge in [-0.15, -0.1) is 0 Å². The molecule has 0 fully saturated rings. The second-order valence-electron chi connectivity index (χ2n) is 4.27. The number of hydrogen-bond acceptors (Lipinski definition) is 1. The maximum Gasteiger partial charge on any atom is 0.306 e. The van der Waals surface area contributed by atoms with Crippen molar-refractivity contribution in [3.63, 3.8) is 0 Å². The van der Waals surface area contributed by atoms with Gasteiger partial charge in [-0.3, -0.25) is 0 Å². The van der Waals surface area contributed by atoms with Crippen LogP contribution in [0.3, 0.4) is 0 Å². The molecule has 0 aliphatic heterocycles. The molecule has 100 valence electrons. The summed E-state index contributed by atoms with van der Waals surface area (Å²) in [6.07, 6.45) is 0. The van der Waals surface area contributed by atoms with Gasteiger partial charge >= 0.3 is 5.92 Å². The highest BCUT2D eigenvalue weighted by molar-refractivity contribution is 9.10. The van der Waals surface area contributed by atoms with Crippen LogP contribution in [-0.2, 0) is 5.92 Å². The van der Waals surface area contributed by atoms with Gasteiger partial charge in [-0.2, -0.15) is 8.78 Å². The highest BCUT2D eigenvalue weighted by atomic mass is 79.9. The molecule has 0 spiro atoms. The van der Waals surface area contributed by atoms with Crippen molar-refractivity contribution in [1.29, 1.82) is 0 Å². The SMILES string of the molecule is Cc1cc(OCC(F)(F)c2ccccc2)ccc1Br. The van der Waals surface area contributed by atoms with Crippen LogP contribution in [0, 0.1) is 6.92 Å². The van der Waals surface area contributed by atoms with Gasteiger partial charge in [0.25, 0.3) is 0 Å². The van der Waals surface area contributed by atoms with Crippen molar-refractivity contribution in [3.05, 3.63) is 64.1 Å². The summed E-state index contributed by atoms with van der Waals surface area (Å²) in [6, 6.07) is 12.9. The van der Waals surface area contributed by atoms with Gasteiger partial charge in [0.15, 0.2) is 6.61 Å². The molecule has 0 aliphatic rings. The summed E-state index contributed by atoms with van der Waals surface area (Å²) in [5.41, 5.74) is 0.907. The second-order valence-corrected chi connectivity index (χ2v) is 5.12. The van der Waals surface area contributed by atoms with Gasteiger partial charge in [-0.1, -0.05) is 46.3 Å². The molecule has 1 nitrogen and oxygen atoms in total. The molecule has 0 saturated carbocycles. The molecule has 4 heteroatoms. The number of halogens is 3. The molecule has 0 aromatic heterocycles. The summed E-state index contributed by atoms with van der Waals surface area (Å²) in [7, 11) is 0. The highest BCUT2D eigenvalue weighted by Crippen LogP contribution is 2.29. The van der Waals surface area contributed by atoms with E-state index in [1.165, 1.54) is 12.1 Å². The van der Waals surface area contributed by atoms with Gasteiger partial charge in [0, 0.05) is 10.0 Å². The minimum absolute atomic E-state index is 0.0381. The van der Waals surface area contributed by atoms with Crippen molar-refractivity contribution in [1.82, 2.24) is 0 Å². The highest BCUT2D eigenvalue weighted by Gasteiger charge is 2.32. The van der Waals surface area contributed by atoms with Gasteiger partial charge in [0.05, 0.1) is 0 Å². The van der Waals surface area contributed by atoms with Crippen molar-refractivity contribution in [3.8, 4) is 5.75 Å². The fourth-order valence-electron chi connectivity index (χ4n) is 1.65. The Kier molecular flexibility index (Phi) is 4.20. The molecule has 2 rings (SSSR count). The van der Waals surface area contributed by atoms with Gasteiger partial charge in [-0.25, -0.2) is 0 Å². The Morgan fingerprint density at radius 2 is 1.79 bits per heavy atom. The van der Waals surface area contributed by atoms with Crippen LogP contribution >= 0.6 is 15.9 Å². The van der Waals surface area contributed by atoms with Gasteiger partial charge in [0.2, 0.25) is 0 Å². The van der Waals surface area contributed by atoms with E-state index in [0.717, 1.165) is 10.0 Å². The minimum atomic E-state index is -3.00. The third-order valence-electron chi connectivity index (χ3n) is 2.75. The number of benzene rings is 2. The van der Waals surface area contributed by atoms with Crippen LogP contribution in [0.2, 0.25) is 0 Å². The maximum absolute atomic E-state index is 13.9. The number of ether oxygens (including phenoxy) is 1. The van der Waals surface area contributed by atoms with Crippen molar-refractivity contribution in [2.75, 3.05) is 6.61 Å². The number of rotatable bonds is 4. The number of alkyl halides is 2. The molecule has 0 heterocycles. The van der Waals surface area contributed by atoms with E-state index in [0.29, 0.717) is 5.75 Å². The molecule has 0 amide bonds. The molecular formula is C15H13BrF2O. The first kappa shape index (κ1) is 14.0. The van der Waals surface area contributed by atoms with Crippen molar-refractivity contribution in [2.45, 2.75) is 12.8 Å². The van der Waals surface area contributed by atoms with Gasteiger partial charge in [0.1, 0.15) is 5.75 Å². The van der Waals surface area contributed by atoms with Gasteiger partial charge < -0.3 is 4.74 Å². The van der Waals surface area contributed by atoms with E-state index in [1.54, 1.807) is 36.4 Å². The Morgan fingerprint density at radius 1 is 1.11 bits per heavy atom. The van der Waals surface area contributed by atoms with E-state index in [4.69, 9.17) is 4.74 Å². The molecule has 0 atom stereocenters. The molecule has 0 N–H and O–H groups in total. The lowest BCUT2D eigenvalue weighted by Crippen LogP contribution is -2.23. The standard InChI is InChI=1S/C15H13BrF2O/c1-11-9-13(7-8-14(11)16)19-10-15(17,18)12-5-3-2-4-6-12/h2-9H,10H2,1H3. The Morgan fingerprint density at radius 3 is 2.42 bits per heavy atom. The molecule has 19 heavy (non-hydrogen) atoms. The lowest BCUT2D eigenvalue weighted by Gasteiger charge is -2.17. The zero-order chi connectivity index (χ0) is 13.9. The average Bonchev–Trinajstić information content (AvgIpc) is 2.41. The summed E-state index contributed by atoms with van der Waals surface area (Å²) < 4.78 is 33.9. The van der Waals surface area contributed by atoms with E-state index in [2.05, 4.69) is 15.9 Å². The summed E-state index contributed by atoms with van der Waals surface area (Å²) in [5, 5.41) is 0. The molecule has 2 aromatic rings. The number of aryl methyl sites for hydroxylation is 1. The Hall–Kier alpha value is -1.42. The topological polar surface area (TPSA) is 9.23 Å². The second kappa shape index (κ2) is 5.70. The predicted octanol–water partition coefficient (Wildman–Crippen LogP) is 4.93. The first-order valence-corrected chi connectivity index (χ1v) is 6.61. The van der Waals surface area contributed by atoms with Crippen molar-refractivity contribution in [2.24, 2.45) is 0 Å². The Bertz CT molecular complexity index is 555. The lowest BCUT2D eigenvalue weighted by atomic mass is 10.1. The molecule has 0 radical (unpaired) electrons. The monoisotopic (exact) mass is 326 g/mol. The molecule has 0 bridgehead atoms. The van der Waals surface area contributed by atoms with E-state index in [1.807, 2.05) is 6.92 Å². The average molecular weight is 327 g/mol. The largest absolute Gasteiger partial charge is 0.487 e. The van der Waals surface area contributed by atoms with E-state index < -0.39 is 12.5 Å². The molecule has 0 aliphatic carbocycles. The molecule has 0 saturated heterocycles. The van der Waals surface area contributed by atoms with E-state index in [-0.39, 0.29) is 5.56 Å². The van der Waals surface area contributed by atoms with Crippen LogP contribution in [0.25, 0.3) is 0 Å². The molecule has 2 aromatic carbocycles. The predicted molar refractivity (Wildman–Crippen MR) is 74.7 cm³/mol. The summed E-state index contributed by atoms with van der Waals surface area (Å²) in [5.74, 6) is -2.56. The fourth-order valence-corrected chi connectivity index (χ4v) is 1.89. The fraction of sp³-hybridized carbons (Fsp3) is 0.200. The summed E-state index contributed by atoms with van der Waals surface area (Å²) >= 11 is 3.35. The van der Waals surface area contributed by atoms with Crippen molar-refractivity contribution >= 4 is 15.9 Å². The quantitative estimate of drug-likeness (QED) is 0.774. The number of hydrogen-bond donors (Lipinski definition) is 0. The Balaban J connectivity index is 2.07. The van der Waals surface area contributed by atoms with Gasteiger partial charge in [-0.05, 0) is 30.7 Å². The van der Waals surface area contributed by atoms with Crippen molar-refractivity contribution < 1.29 is 13.5 Å².